The Morgan fingerprint density at radius 2 is 1.59 bits per heavy atom. The Kier molecular flexibility index (Phi) is 7.45. The summed E-state index contributed by atoms with van der Waals surface area (Å²) in [6.07, 6.45) is 1.88. The number of rotatable bonds is 6. The molecule has 4 aromatic carbocycles. The van der Waals surface area contributed by atoms with Crippen LogP contribution in [0.4, 0.5) is 5.69 Å². The molecule has 0 spiro atoms. The molecule has 0 aliphatic carbocycles. The molecule has 4 aromatic rings. The zero-order valence-electron chi connectivity index (χ0n) is 20.3. The van der Waals surface area contributed by atoms with Crippen molar-refractivity contribution in [3.63, 3.8) is 0 Å². The third-order valence-electron chi connectivity index (χ3n) is 6.13. The van der Waals surface area contributed by atoms with Crippen LogP contribution in [-0.4, -0.2) is 23.8 Å². The van der Waals surface area contributed by atoms with E-state index < -0.39 is 0 Å². The first-order valence-corrected chi connectivity index (χ1v) is 13.1. The van der Waals surface area contributed by atoms with Crippen molar-refractivity contribution in [2.45, 2.75) is 18.0 Å². The number of hydrogen-bond donors (Lipinski definition) is 0. The van der Waals surface area contributed by atoms with E-state index in [1.807, 2.05) is 109 Å². The quantitative estimate of drug-likeness (QED) is 0.249. The van der Waals surface area contributed by atoms with Gasteiger partial charge in [0, 0.05) is 29.1 Å². The second-order valence-corrected chi connectivity index (χ2v) is 10.4. The summed E-state index contributed by atoms with van der Waals surface area (Å²) in [7, 11) is 1.80. The van der Waals surface area contributed by atoms with E-state index in [0.717, 1.165) is 27.3 Å². The molecule has 1 aliphatic rings. The first-order chi connectivity index (χ1) is 18.0. The predicted molar refractivity (Wildman–Crippen MR) is 152 cm³/mol. The largest absolute Gasteiger partial charge is 0.337 e. The molecular weight excluding hydrogens is 500 g/mol. The zero-order chi connectivity index (χ0) is 25.8. The topological polar surface area (TPSA) is 40.6 Å². The summed E-state index contributed by atoms with van der Waals surface area (Å²) in [6.45, 7) is 0.966. The van der Waals surface area contributed by atoms with Gasteiger partial charge in [-0.2, -0.15) is 0 Å². The third-order valence-corrected chi connectivity index (χ3v) is 7.44. The second-order valence-electron chi connectivity index (χ2n) is 8.87. The molecule has 37 heavy (non-hydrogen) atoms. The van der Waals surface area contributed by atoms with Gasteiger partial charge >= 0.3 is 0 Å². The smallest absolute Gasteiger partial charge is 0.265 e. The Morgan fingerprint density at radius 3 is 2.35 bits per heavy atom. The van der Waals surface area contributed by atoms with Crippen LogP contribution >= 0.6 is 23.4 Å². The molecule has 0 aromatic heterocycles. The van der Waals surface area contributed by atoms with Gasteiger partial charge in [-0.15, -0.1) is 0 Å². The molecule has 1 aliphatic heterocycles. The highest BCUT2D eigenvalue weighted by atomic mass is 35.5. The fraction of sp³-hybridized carbons (Fsp3) is 0.0968. The molecular formula is C31H25ClN2O2S. The lowest BCUT2D eigenvalue weighted by Gasteiger charge is -2.30. The monoisotopic (exact) mass is 524 g/mol. The van der Waals surface area contributed by atoms with Crippen LogP contribution in [0.3, 0.4) is 0 Å². The minimum atomic E-state index is -0.0635. The Morgan fingerprint density at radius 1 is 0.892 bits per heavy atom. The molecule has 0 saturated carbocycles. The number of nitrogens with zero attached hydrogens (tertiary/aromatic N) is 2. The van der Waals surface area contributed by atoms with Crippen LogP contribution in [0.25, 0.3) is 6.08 Å². The van der Waals surface area contributed by atoms with Crippen molar-refractivity contribution in [1.82, 2.24) is 4.90 Å². The number of benzene rings is 4. The first kappa shape index (κ1) is 24.9. The molecule has 1 heterocycles. The van der Waals surface area contributed by atoms with Crippen LogP contribution < -0.4 is 4.90 Å². The second kappa shape index (κ2) is 11.1. The van der Waals surface area contributed by atoms with Crippen LogP contribution in [0.1, 0.15) is 27.0 Å². The van der Waals surface area contributed by atoms with Crippen LogP contribution in [0.2, 0.25) is 5.02 Å². The summed E-state index contributed by atoms with van der Waals surface area (Å²) in [4.78, 5) is 31.6. The van der Waals surface area contributed by atoms with E-state index in [4.69, 9.17) is 11.6 Å². The van der Waals surface area contributed by atoms with E-state index in [1.165, 1.54) is 11.8 Å². The van der Waals surface area contributed by atoms with Gasteiger partial charge in [0.15, 0.2) is 0 Å². The summed E-state index contributed by atoms with van der Waals surface area (Å²) >= 11 is 7.65. The normalized spacial score (nSPS) is 13.9. The maximum atomic E-state index is 13.6. The van der Waals surface area contributed by atoms with Crippen molar-refractivity contribution in [2.24, 2.45) is 0 Å². The molecule has 184 valence electrons. The van der Waals surface area contributed by atoms with E-state index in [1.54, 1.807) is 16.8 Å². The molecule has 2 amide bonds. The fourth-order valence-corrected chi connectivity index (χ4v) is 5.53. The number of thioether (sulfide) groups is 1. The Hall–Kier alpha value is -3.80. The lowest BCUT2D eigenvalue weighted by molar-refractivity contribution is -0.114. The van der Waals surface area contributed by atoms with Crippen molar-refractivity contribution < 1.29 is 9.59 Å². The van der Waals surface area contributed by atoms with Crippen molar-refractivity contribution in [3.05, 3.63) is 135 Å². The van der Waals surface area contributed by atoms with E-state index in [2.05, 4.69) is 0 Å². The first-order valence-electron chi connectivity index (χ1n) is 11.9. The van der Waals surface area contributed by atoms with E-state index in [-0.39, 0.29) is 11.8 Å². The van der Waals surface area contributed by atoms with E-state index in [0.29, 0.717) is 28.6 Å². The van der Waals surface area contributed by atoms with E-state index >= 15 is 0 Å². The van der Waals surface area contributed by atoms with Gasteiger partial charge in [-0.3, -0.25) is 9.59 Å². The maximum Gasteiger partial charge on any atom is 0.265 e. The molecule has 4 nitrogen and oxygen atoms in total. The number of carbonyl (C=O) groups is 2. The average Bonchev–Trinajstić information content (AvgIpc) is 2.91. The maximum absolute atomic E-state index is 13.6. The van der Waals surface area contributed by atoms with Gasteiger partial charge in [-0.05, 0) is 59.2 Å². The predicted octanol–water partition coefficient (Wildman–Crippen LogP) is 7.29. The van der Waals surface area contributed by atoms with Crippen LogP contribution in [0, 0.1) is 0 Å². The van der Waals surface area contributed by atoms with Gasteiger partial charge in [0.05, 0.1) is 17.1 Å². The highest BCUT2D eigenvalue weighted by Crippen LogP contribution is 2.42. The van der Waals surface area contributed by atoms with Gasteiger partial charge in [0.1, 0.15) is 0 Å². The summed E-state index contributed by atoms with van der Waals surface area (Å²) in [6, 6.07) is 32.8. The number of anilines is 1. The molecule has 0 saturated heterocycles. The van der Waals surface area contributed by atoms with Crippen molar-refractivity contribution in [3.8, 4) is 0 Å². The number of para-hydroxylation sites is 1. The van der Waals surface area contributed by atoms with Gasteiger partial charge in [-0.1, -0.05) is 90.1 Å². The molecule has 5 rings (SSSR count). The SMILES string of the molecule is CN(Cc1ccccc1)C(=O)c1ccc(C=C2Sc3ccccc3N(Cc3cccc(Cl)c3)C2=O)cc1. The Labute approximate surface area is 226 Å². The Bertz CT molecular complexity index is 1470. The highest BCUT2D eigenvalue weighted by Gasteiger charge is 2.29. The summed E-state index contributed by atoms with van der Waals surface area (Å²) in [5.74, 6) is -0.112. The van der Waals surface area contributed by atoms with Crippen LogP contribution in [0.5, 0.6) is 0 Å². The number of hydrogen-bond acceptors (Lipinski definition) is 3. The van der Waals surface area contributed by atoms with Crippen molar-refractivity contribution >= 4 is 46.9 Å². The minimum absolute atomic E-state index is 0.0483. The van der Waals surface area contributed by atoms with Gasteiger partial charge in [0.25, 0.3) is 11.8 Å². The summed E-state index contributed by atoms with van der Waals surface area (Å²) < 4.78 is 0. The number of carbonyl (C=O) groups excluding carboxylic acids is 2. The number of amides is 2. The molecule has 0 unspecified atom stereocenters. The molecule has 0 N–H and O–H groups in total. The van der Waals surface area contributed by atoms with Gasteiger partial charge < -0.3 is 9.80 Å². The molecule has 0 atom stereocenters. The Balaban J connectivity index is 1.36. The summed E-state index contributed by atoms with van der Waals surface area (Å²) in [5.41, 5.74) is 4.40. The van der Waals surface area contributed by atoms with Crippen molar-refractivity contribution in [1.29, 1.82) is 0 Å². The molecule has 0 fully saturated rings. The van der Waals surface area contributed by atoms with E-state index in [9.17, 15) is 9.59 Å². The zero-order valence-corrected chi connectivity index (χ0v) is 21.9. The average molecular weight is 525 g/mol. The van der Waals surface area contributed by atoms with Crippen LogP contribution in [0.15, 0.2) is 113 Å². The van der Waals surface area contributed by atoms with Gasteiger partial charge in [0.2, 0.25) is 0 Å². The van der Waals surface area contributed by atoms with Crippen LogP contribution in [-0.2, 0) is 17.9 Å². The third kappa shape index (κ3) is 5.79. The molecule has 0 radical (unpaired) electrons. The van der Waals surface area contributed by atoms with Gasteiger partial charge in [-0.25, -0.2) is 0 Å². The molecule has 0 bridgehead atoms. The summed E-state index contributed by atoms with van der Waals surface area (Å²) in [5, 5.41) is 0.643. The number of halogens is 1. The van der Waals surface area contributed by atoms with Crippen molar-refractivity contribution in [2.75, 3.05) is 11.9 Å². The fourth-order valence-electron chi connectivity index (χ4n) is 4.26. The number of fused-ring (bicyclic) bond motifs is 1. The molecule has 6 heteroatoms. The lowest BCUT2D eigenvalue weighted by atomic mass is 10.1. The minimum Gasteiger partial charge on any atom is -0.337 e. The highest BCUT2D eigenvalue weighted by molar-refractivity contribution is 8.04. The standard InChI is InChI=1S/C31H25ClN2O2S/c1-33(20-23-8-3-2-4-9-23)30(35)25-16-14-22(15-17-25)19-29-31(36)34(21-24-10-7-11-26(32)18-24)27-12-5-6-13-28(27)37-29/h2-19H,20-21H2,1H3. The lowest BCUT2D eigenvalue weighted by Crippen LogP contribution is -2.33.